The lowest BCUT2D eigenvalue weighted by molar-refractivity contribution is -0.117. The van der Waals surface area contributed by atoms with Gasteiger partial charge in [-0.2, -0.15) is 0 Å². The van der Waals surface area contributed by atoms with Gasteiger partial charge in [0.05, 0.1) is 26.2 Å². The second-order valence-corrected chi connectivity index (χ2v) is 7.53. The predicted octanol–water partition coefficient (Wildman–Crippen LogP) is 2.16. The molecule has 0 spiro atoms. The number of ether oxygens (including phenoxy) is 2. The van der Waals surface area contributed by atoms with Crippen LogP contribution in [0.3, 0.4) is 0 Å². The zero-order valence-electron chi connectivity index (χ0n) is 17.9. The second-order valence-electron chi connectivity index (χ2n) is 7.53. The molecule has 1 atom stereocenters. The summed E-state index contributed by atoms with van der Waals surface area (Å²) in [5.41, 5.74) is 8.10. The normalized spacial score (nSPS) is 16.3. The first-order valence-corrected chi connectivity index (χ1v) is 9.97. The van der Waals surface area contributed by atoms with Crippen LogP contribution in [0.1, 0.15) is 51.9 Å². The van der Waals surface area contributed by atoms with Crippen molar-refractivity contribution in [3.05, 3.63) is 46.5 Å². The first kappa shape index (κ1) is 21.5. The number of nitrogens with zero attached hydrogens (tertiary/aromatic N) is 3. The number of piperidine rings is 1. The summed E-state index contributed by atoms with van der Waals surface area (Å²) < 4.78 is 10.6. The van der Waals surface area contributed by atoms with Gasteiger partial charge in [0.25, 0.3) is 5.91 Å². The number of hydrogen-bond acceptors (Lipinski definition) is 6. The molecule has 0 radical (unpaired) electrons. The van der Waals surface area contributed by atoms with Crippen molar-refractivity contribution < 1.29 is 19.1 Å². The number of carbonyl (C=O) groups excluding carboxylic acids is 2. The second kappa shape index (κ2) is 9.11. The minimum Gasteiger partial charge on any atom is -0.497 e. The maximum Gasteiger partial charge on any atom is 0.257 e. The molecule has 1 saturated heterocycles. The third-order valence-corrected chi connectivity index (χ3v) is 5.50. The molecule has 1 fully saturated rings. The van der Waals surface area contributed by atoms with E-state index in [9.17, 15) is 9.59 Å². The van der Waals surface area contributed by atoms with Crippen molar-refractivity contribution in [1.29, 1.82) is 0 Å². The molecule has 0 bridgehead atoms. The number of methoxy groups -OCH3 is 2. The van der Waals surface area contributed by atoms with Crippen LogP contribution in [-0.4, -0.2) is 54.0 Å². The number of hydrogen-bond donors (Lipinski definition) is 1. The molecule has 1 aromatic carbocycles. The van der Waals surface area contributed by atoms with Gasteiger partial charge in [-0.3, -0.25) is 9.59 Å². The summed E-state index contributed by atoms with van der Waals surface area (Å²) in [6, 6.07) is 5.21. The number of primary amides is 1. The number of amides is 2. The Bertz CT molecular complexity index is 937. The van der Waals surface area contributed by atoms with Gasteiger partial charge in [0.1, 0.15) is 17.3 Å². The van der Waals surface area contributed by atoms with Gasteiger partial charge in [0, 0.05) is 36.0 Å². The molecule has 2 heterocycles. The van der Waals surface area contributed by atoms with Crippen LogP contribution in [-0.2, 0) is 11.2 Å². The Morgan fingerprint density at radius 1 is 1.17 bits per heavy atom. The number of carbonyl (C=O) groups is 2. The molecule has 1 aliphatic heterocycles. The zero-order chi connectivity index (χ0) is 21.8. The van der Waals surface area contributed by atoms with Crippen LogP contribution in [0.15, 0.2) is 18.2 Å². The molecule has 0 saturated carbocycles. The molecule has 2 N–H and O–H groups in total. The maximum absolute atomic E-state index is 13.2. The number of rotatable bonds is 6. The summed E-state index contributed by atoms with van der Waals surface area (Å²) in [6.07, 6.45) is 1.88. The predicted molar refractivity (Wildman–Crippen MR) is 112 cm³/mol. The Labute approximate surface area is 176 Å². The van der Waals surface area contributed by atoms with E-state index in [4.69, 9.17) is 15.2 Å². The molecule has 3 rings (SSSR count). The Morgan fingerprint density at radius 2 is 1.87 bits per heavy atom. The van der Waals surface area contributed by atoms with Crippen molar-refractivity contribution in [2.24, 2.45) is 5.73 Å². The average Bonchev–Trinajstić information content (AvgIpc) is 2.75. The molecule has 1 aromatic heterocycles. The smallest absolute Gasteiger partial charge is 0.257 e. The Kier molecular flexibility index (Phi) is 6.54. The van der Waals surface area contributed by atoms with E-state index in [1.165, 1.54) is 0 Å². The molecule has 0 aliphatic carbocycles. The van der Waals surface area contributed by atoms with Crippen molar-refractivity contribution in [2.45, 2.75) is 39.0 Å². The van der Waals surface area contributed by atoms with Gasteiger partial charge in [0.2, 0.25) is 5.91 Å². The summed E-state index contributed by atoms with van der Waals surface area (Å²) in [5.74, 6) is 1.34. The van der Waals surface area contributed by atoms with E-state index >= 15 is 0 Å². The van der Waals surface area contributed by atoms with Crippen LogP contribution >= 0.6 is 0 Å². The number of aromatic nitrogens is 2. The standard InChI is InChI=1S/C22H28N4O4/c1-13-17(11-20(23)27)14(2)25-21(24-13)15-6-5-9-26(12-15)22(28)18-10-16(29-3)7-8-19(18)30-4/h7-8,10,15H,5-6,9,11-12H2,1-4H3,(H2,23,27). The summed E-state index contributed by atoms with van der Waals surface area (Å²) in [5, 5.41) is 0. The van der Waals surface area contributed by atoms with E-state index in [-0.39, 0.29) is 18.2 Å². The summed E-state index contributed by atoms with van der Waals surface area (Å²) in [7, 11) is 3.11. The summed E-state index contributed by atoms with van der Waals surface area (Å²) in [6.45, 7) is 4.91. The highest BCUT2D eigenvalue weighted by molar-refractivity contribution is 5.97. The lowest BCUT2D eigenvalue weighted by Gasteiger charge is -2.32. The van der Waals surface area contributed by atoms with Gasteiger partial charge in [-0.15, -0.1) is 0 Å². The van der Waals surface area contributed by atoms with Crippen molar-refractivity contribution >= 4 is 11.8 Å². The lowest BCUT2D eigenvalue weighted by atomic mass is 9.95. The van der Waals surface area contributed by atoms with Gasteiger partial charge in [-0.25, -0.2) is 9.97 Å². The third-order valence-electron chi connectivity index (χ3n) is 5.50. The number of aryl methyl sites for hydroxylation is 2. The molecule has 1 unspecified atom stereocenters. The largest absolute Gasteiger partial charge is 0.497 e. The molecular formula is C22H28N4O4. The van der Waals surface area contributed by atoms with Gasteiger partial charge in [0.15, 0.2) is 0 Å². The highest BCUT2D eigenvalue weighted by Gasteiger charge is 2.29. The molecule has 160 valence electrons. The highest BCUT2D eigenvalue weighted by atomic mass is 16.5. The Balaban J connectivity index is 1.84. The van der Waals surface area contributed by atoms with Crippen LogP contribution in [0, 0.1) is 13.8 Å². The van der Waals surface area contributed by atoms with E-state index in [0.717, 1.165) is 29.8 Å². The van der Waals surface area contributed by atoms with Gasteiger partial charge in [-0.1, -0.05) is 0 Å². The first-order chi connectivity index (χ1) is 14.3. The van der Waals surface area contributed by atoms with E-state index in [0.29, 0.717) is 36.0 Å². The van der Waals surface area contributed by atoms with E-state index in [1.54, 1.807) is 32.4 Å². The minimum atomic E-state index is -0.403. The number of benzene rings is 1. The molecule has 1 aliphatic rings. The van der Waals surface area contributed by atoms with Gasteiger partial charge in [-0.05, 0) is 44.9 Å². The van der Waals surface area contributed by atoms with Gasteiger partial charge < -0.3 is 20.1 Å². The molecule has 8 nitrogen and oxygen atoms in total. The van der Waals surface area contributed by atoms with Crippen LogP contribution in [0.5, 0.6) is 11.5 Å². The van der Waals surface area contributed by atoms with E-state index < -0.39 is 5.91 Å². The number of likely N-dealkylation sites (tertiary alicyclic amines) is 1. The van der Waals surface area contributed by atoms with Crippen molar-refractivity contribution in [2.75, 3.05) is 27.3 Å². The lowest BCUT2D eigenvalue weighted by Crippen LogP contribution is -2.39. The van der Waals surface area contributed by atoms with Crippen LogP contribution < -0.4 is 15.2 Å². The molecule has 2 aromatic rings. The van der Waals surface area contributed by atoms with Crippen molar-refractivity contribution in [1.82, 2.24) is 14.9 Å². The molecule has 30 heavy (non-hydrogen) atoms. The molecule has 8 heteroatoms. The topological polar surface area (TPSA) is 108 Å². The zero-order valence-corrected chi connectivity index (χ0v) is 17.9. The molecule has 2 amide bonds. The number of nitrogens with two attached hydrogens (primary N) is 1. The van der Waals surface area contributed by atoms with Crippen LogP contribution in [0.4, 0.5) is 0 Å². The fourth-order valence-electron chi connectivity index (χ4n) is 3.90. The van der Waals surface area contributed by atoms with E-state index in [1.807, 2.05) is 18.7 Å². The van der Waals surface area contributed by atoms with Crippen LogP contribution in [0.25, 0.3) is 0 Å². The fraction of sp³-hybridized carbons (Fsp3) is 0.455. The molecular weight excluding hydrogens is 384 g/mol. The average molecular weight is 412 g/mol. The van der Waals surface area contributed by atoms with Crippen molar-refractivity contribution in [3.63, 3.8) is 0 Å². The Morgan fingerprint density at radius 3 is 2.47 bits per heavy atom. The first-order valence-electron chi connectivity index (χ1n) is 9.97. The third kappa shape index (κ3) is 4.53. The maximum atomic E-state index is 13.2. The van der Waals surface area contributed by atoms with E-state index in [2.05, 4.69) is 9.97 Å². The van der Waals surface area contributed by atoms with Crippen molar-refractivity contribution in [3.8, 4) is 11.5 Å². The minimum absolute atomic E-state index is 0.0272. The van der Waals surface area contributed by atoms with Crippen LogP contribution in [0.2, 0.25) is 0 Å². The Hall–Kier alpha value is -3.16. The van der Waals surface area contributed by atoms with Gasteiger partial charge >= 0.3 is 0 Å². The monoisotopic (exact) mass is 412 g/mol. The SMILES string of the molecule is COc1ccc(OC)c(C(=O)N2CCCC(c3nc(C)c(CC(N)=O)c(C)n3)C2)c1. The quantitative estimate of drug-likeness (QED) is 0.779. The summed E-state index contributed by atoms with van der Waals surface area (Å²) in [4.78, 5) is 35.6. The highest BCUT2D eigenvalue weighted by Crippen LogP contribution is 2.30. The summed E-state index contributed by atoms with van der Waals surface area (Å²) >= 11 is 0. The fourth-order valence-corrected chi connectivity index (χ4v) is 3.90.